The van der Waals surface area contributed by atoms with E-state index < -0.39 is 0 Å². The first-order valence-corrected chi connectivity index (χ1v) is 7.37. The van der Waals surface area contributed by atoms with Crippen LogP contribution in [-0.2, 0) is 17.9 Å². The Bertz CT molecular complexity index is 695. The molecule has 1 atom stereocenters. The predicted octanol–water partition coefficient (Wildman–Crippen LogP) is 1.95. The number of hydrogen-bond acceptors (Lipinski definition) is 4. The van der Waals surface area contributed by atoms with Gasteiger partial charge in [0.05, 0.1) is 30.1 Å². The number of nitrogens with zero attached hydrogens (tertiary/aromatic N) is 4. The van der Waals surface area contributed by atoms with Gasteiger partial charge in [0, 0.05) is 32.6 Å². The van der Waals surface area contributed by atoms with Crippen molar-refractivity contribution < 1.29 is 9.53 Å². The molecule has 1 aliphatic rings. The van der Waals surface area contributed by atoms with Crippen molar-refractivity contribution in [1.29, 1.82) is 0 Å². The van der Waals surface area contributed by atoms with Crippen molar-refractivity contribution in [2.75, 3.05) is 13.7 Å². The summed E-state index contributed by atoms with van der Waals surface area (Å²) in [6, 6.07) is 1.81. The van der Waals surface area contributed by atoms with E-state index in [1.54, 1.807) is 19.5 Å². The maximum atomic E-state index is 12.7. The van der Waals surface area contributed by atoms with Crippen LogP contribution in [0.4, 0.5) is 0 Å². The fourth-order valence-corrected chi connectivity index (χ4v) is 2.94. The van der Waals surface area contributed by atoms with Crippen molar-refractivity contribution in [2.24, 2.45) is 0 Å². The fraction of sp³-hybridized carbons (Fsp3) is 0.438. The fourth-order valence-electron chi connectivity index (χ4n) is 2.94. The van der Waals surface area contributed by atoms with Crippen LogP contribution in [0.15, 0.2) is 24.7 Å². The second-order valence-corrected chi connectivity index (χ2v) is 5.62. The van der Waals surface area contributed by atoms with Crippen molar-refractivity contribution in [3.8, 4) is 0 Å². The lowest BCUT2D eigenvalue weighted by Crippen LogP contribution is -2.41. The summed E-state index contributed by atoms with van der Waals surface area (Å²) in [4.78, 5) is 23.2. The summed E-state index contributed by atoms with van der Waals surface area (Å²) in [6.45, 7) is 5.88. The number of methoxy groups -OCH3 is 1. The van der Waals surface area contributed by atoms with E-state index in [-0.39, 0.29) is 11.9 Å². The summed E-state index contributed by atoms with van der Waals surface area (Å²) in [5.41, 5.74) is 2.66. The average Bonchev–Trinajstić information content (AvgIpc) is 2.92. The molecule has 1 amide bonds. The number of carbonyl (C=O) groups is 1. The Hall–Kier alpha value is -2.21. The molecule has 22 heavy (non-hydrogen) atoms. The number of fused-ring (bicyclic) bond motifs is 1. The number of hydrogen-bond donors (Lipinski definition) is 0. The molecule has 0 fully saturated rings. The number of imidazole rings is 1. The van der Waals surface area contributed by atoms with Crippen LogP contribution in [-0.4, -0.2) is 39.0 Å². The van der Waals surface area contributed by atoms with E-state index in [2.05, 4.69) is 14.5 Å². The standard InChI is InChI=1S/C16H20N4O2/c1-11-6-13(8-17-7-11)16(21)19-4-5-20-14(10-22-3)9-18-15(20)12(19)2/h6-9,12H,4-5,10H2,1-3H3. The SMILES string of the molecule is COCc1cnc2n1CCN(C(=O)c1cncc(C)c1)C2C. The van der Waals surface area contributed by atoms with Gasteiger partial charge in [-0.15, -0.1) is 0 Å². The summed E-state index contributed by atoms with van der Waals surface area (Å²) in [5.74, 6) is 0.915. The Labute approximate surface area is 129 Å². The molecule has 0 aromatic carbocycles. The van der Waals surface area contributed by atoms with Gasteiger partial charge in [-0.1, -0.05) is 0 Å². The van der Waals surface area contributed by atoms with E-state index in [9.17, 15) is 4.79 Å². The lowest BCUT2D eigenvalue weighted by molar-refractivity contribution is 0.0632. The molecule has 6 nitrogen and oxygen atoms in total. The van der Waals surface area contributed by atoms with E-state index in [0.29, 0.717) is 18.7 Å². The molecule has 3 rings (SSSR count). The van der Waals surface area contributed by atoms with E-state index in [1.807, 2.05) is 31.0 Å². The third kappa shape index (κ3) is 2.50. The number of rotatable bonds is 3. The smallest absolute Gasteiger partial charge is 0.256 e. The maximum Gasteiger partial charge on any atom is 0.256 e. The van der Waals surface area contributed by atoms with Crippen molar-refractivity contribution in [3.05, 3.63) is 47.3 Å². The second-order valence-electron chi connectivity index (χ2n) is 5.62. The van der Waals surface area contributed by atoms with Crippen molar-refractivity contribution >= 4 is 5.91 Å². The quantitative estimate of drug-likeness (QED) is 0.869. The molecule has 2 aromatic rings. The van der Waals surface area contributed by atoms with Gasteiger partial charge >= 0.3 is 0 Å². The number of aryl methyl sites for hydroxylation is 1. The molecule has 0 spiro atoms. The summed E-state index contributed by atoms with van der Waals surface area (Å²) in [7, 11) is 1.67. The highest BCUT2D eigenvalue weighted by atomic mass is 16.5. The van der Waals surface area contributed by atoms with Crippen LogP contribution in [0.2, 0.25) is 0 Å². The molecular formula is C16H20N4O2. The molecule has 0 N–H and O–H groups in total. The van der Waals surface area contributed by atoms with Gasteiger partial charge in [0.25, 0.3) is 5.91 Å². The summed E-state index contributed by atoms with van der Waals surface area (Å²) < 4.78 is 7.34. The van der Waals surface area contributed by atoms with Crippen LogP contribution in [0, 0.1) is 6.92 Å². The Morgan fingerprint density at radius 2 is 2.18 bits per heavy atom. The molecule has 0 radical (unpaired) electrons. The first-order valence-electron chi connectivity index (χ1n) is 7.37. The molecule has 1 aliphatic heterocycles. The minimum atomic E-state index is -0.0626. The predicted molar refractivity (Wildman–Crippen MR) is 81.4 cm³/mol. The monoisotopic (exact) mass is 300 g/mol. The zero-order valence-electron chi connectivity index (χ0n) is 13.1. The molecule has 0 saturated carbocycles. The normalized spacial score (nSPS) is 17.4. The highest BCUT2D eigenvalue weighted by Crippen LogP contribution is 2.27. The number of pyridine rings is 1. The Kier molecular flexibility index (Phi) is 3.94. The minimum Gasteiger partial charge on any atom is -0.378 e. The van der Waals surface area contributed by atoms with Gasteiger partial charge in [0.1, 0.15) is 5.82 Å². The van der Waals surface area contributed by atoms with Gasteiger partial charge in [-0.05, 0) is 25.5 Å². The Morgan fingerprint density at radius 1 is 1.36 bits per heavy atom. The number of aromatic nitrogens is 3. The largest absolute Gasteiger partial charge is 0.378 e. The summed E-state index contributed by atoms with van der Waals surface area (Å²) in [5, 5.41) is 0. The van der Waals surface area contributed by atoms with Crippen molar-refractivity contribution in [3.63, 3.8) is 0 Å². The topological polar surface area (TPSA) is 60.2 Å². The summed E-state index contributed by atoms with van der Waals surface area (Å²) >= 11 is 0. The van der Waals surface area contributed by atoms with Gasteiger partial charge in [0.2, 0.25) is 0 Å². The van der Waals surface area contributed by atoms with Gasteiger partial charge < -0.3 is 14.2 Å². The zero-order chi connectivity index (χ0) is 15.7. The van der Waals surface area contributed by atoms with Crippen LogP contribution < -0.4 is 0 Å². The van der Waals surface area contributed by atoms with Gasteiger partial charge in [0.15, 0.2) is 0 Å². The number of carbonyl (C=O) groups excluding carboxylic acids is 1. The van der Waals surface area contributed by atoms with E-state index in [4.69, 9.17) is 4.74 Å². The molecule has 0 aliphatic carbocycles. The van der Waals surface area contributed by atoms with Crippen LogP contribution in [0.3, 0.4) is 0 Å². The van der Waals surface area contributed by atoms with Crippen LogP contribution in [0.25, 0.3) is 0 Å². The lowest BCUT2D eigenvalue weighted by atomic mass is 10.1. The first-order chi connectivity index (χ1) is 10.6. The zero-order valence-corrected chi connectivity index (χ0v) is 13.1. The summed E-state index contributed by atoms with van der Waals surface area (Å²) in [6.07, 6.45) is 5.21. The highest BCUT2D eigenvalue weighted by molar-refractivity contribution is 5.94. The second kappa shape index (κ2) is 5.88. The van der Waals surface area contributed by atoms with Gasteiger partial charge in [-0.2, -0.15) is 0 Å². The molecule has 1 unspecified atom stereocenters. The lowest BCUT2D eigenvalue weighted by Gasteiger charge is -2.34. The third-order valence-corrected chi connectivity index (χ3v) is 4.05. The number of amides is 1. The highest BCUT2D eigenvalue weighted by Gasteiger charge is 2.30. The Morgan fingerprint density at radius 3 is 2.91 bits per heavy atom. The Balaban J connectivity index is 1.86. The van der Waals surface area contributed by atoms with Crippen molar-refractivity contribution in [1.82, 2.24) is 19.4 Å². The van der Waals surface area contributed by atoms with E-state index in [1.165, 1.54) is 0 Å². The third-order valence-electron chi connectivity index (χ3n) is 4.05. The van der Waals surface area contributed by atoms with Gasteiger partial charge in [-0.25, -0.2) is 4.98 Å². The molecule has 0 saturated heterocycles. The molecule has 2 aromatic heterocycles. The molecule has 116 valence electrons. The molecule has 3 heterocycles. The maximum absolute atomic E-state index is 12.7. The molecule has 6 heteroatoms. The van der Waals surface area contributed by atoms with Crippen LogP contribution in [0.1, 0.15) is 40.4 Å². The van der Waals surface area contributed by atoms with Crippen LogP contribution in [0.5, 0.6) is 0 Å². The van der Waals surface area contributed by atoms with Crippen molar-refractivity contribution in [2.45, 2.75) is 33.0 Å². The molecule has 0 bridgehead atoms. The minimum absolute atomic E-state index is 0.00578. The van der Waals surface area contributed by atoms with E-state index in [0.717, 1.165) is 23.6 Å². The molecular weight excluding hydrogens is 280 g/mol. The number of ether oxygens (including phenoxy) is 1. The van der Waals surface area contributed by atoms with Gasteiger partial charge in [-0.3, -0.25) is 9.78 Å². The van der Waals surface area contributed by atoms with Crippen LogP contribution >= 0.6 is 0 Å². The van der Waals surface area contributed by atoms with E-state index >= 15 is 0 Å². The average molecular weight is 300 g/mol. The first kappa shape index (κ1) is 14.7.